The highest BCUT2D eigenvalue weighted by atomic mass is 16.5. The molecule has 0 aliphatic rings. The maximum Gasteiger partial charge on any atom is 0.247 e. The average Bonchev–Trinajstić information content (AvgIpc) is 2.52. The summed E-state index contributed by atoms with van der Waals surface area (Å²) in [6, 6.07) is 0. The fraction of sp³-hybridized carbons (Fsp3) is 0.714. The van der Waals surface area contributed by atoms with Crippen molar-refractivity contribution in [3.63, 3.8) is 0 Å². The summed E-state index contributed by atoms with van der Waals surface area (Å²) in [6.45, 7) is 3.15. The van der Waals surface area contributed by atoms with Gasteiger partial charge in [-0.05, 0) is 6.42 Å². The molecule has 0 radical (unpaired) electrons. The van der Waals surface area contributed by atoms with Gasteiger partial charge in [-0.15, -0.1) is 5.10 Å². The number of hydrogen-bond donors (Lipinski definition) is 0. The predicted octanol–water partition coefficient (Wildman–Crippen LogP) is 1.31. The molecule has 0 aliphatic heterocycles. The highest BCUT2D eigenvalue weighted by Gasteiger charge is 2.02. The van der Waals surface area contributed by atoms with Gasteiger partial charge in [0.25, 0.3) is 0 Å². The summed E-state index contributed by atoms with van der Waals surface area (Å²) < 4.78 is 4.86. The van der Waals surface area contributed by atoms with Gasteiger partial charge in [-0.3, -0.25) is 0 Å². The second-order valence-electron chi connectivity index (χ2n) is 2.53. The Morgan fingerprint density at radius 1 is 1.64 bits per heavy atom. The van der Waals surface area contributed by atoms with E-state index in [9.17, 15) is 0 Å². The lowest BCUT2D eigenvalue weighted by molar-refractivity contribution is 0.393. The number of nitrogens with zero attached hydrogens (tertiary/aromatic N) is 3. The molecule has 0 atom stereocenters. The Balaban J connectivity index is 2.36. The molecule has 0 unspecified atom stereocenters. The molecular formula is C7H13N3O. The first kappa shape index (κ1) is 8.04. The van der Waals surface area contributed by atoms with E-state index in [0.717, 1.165) is 18.8 Å². The Bertz CT molecular complexity index is 186. The van der Waals surface area contributed by atoms with Crippen molar-refractivity contribution in [2.24, 2.45) is 0 Å². The van der Waals surface area contributed by atoms with Crippen LogP contribution in [0.15, 0.2) is 10.7 Å². The lowest BCUT2D eigenvalue weighted by Gasteiger charge is -2.12. The molecule has 4 nitrogen and oxygen atoms in total. The van der Waals surface area contributed by atoms with Crippen molar-refractivity contribution < 1.29 is 4.52 Å². The van der Waals surface area contributed by atoms with E-state index in [1.165, 1.54) is 6.42 Å². The van der Waals surface area contributed by atoms with E-state index in [4.69, 9.17) is 4.52 Å². The molecule has 0 spiro atoms. The molecular weight excluding hydrogens is 142 g/mol. The van der Waals surface area contributed by atoms with Crippen LogP contribution in [0.3, 0.4) is 0 Å². The number of unbranched alkanes of at least 4 members (excludes halogenated alkanes) is 1. The van der Waals surface area contributed by atoms with E-state index in [0.29, 0.717) is 0 Å². The average molecular weight is 155 g/mol. The van der Waals surface area contributed by atoms with Gasteiger partial charge in [-0.25, -0.2) is 0 Å². The van der Waals surface area contributed by atoms with Crippen LogP contribution in [0, 0.1) is 0 Å². The van der Waals surface area contributed by atoms with Crippen LogP contribution < -0.4 is 4.90 Å². The van der Waals surface area contributed by atoms with Crippen LogP contribution in [0.4, 0.5) is 5.88 Å². The number of anilines is 1. The molecule has 0 bridgehead atoms. The molecule has 1 aromatic rings. The van der Waals surface area contributed by atoms with Gasteiger partial charge in [0.2, 0.25) is 5.88 Å². The van der Waals surface area contributed by atoms with E-state index in [1.807, 2.05) is 11.9 Å². The molecule has 0 amide bonds. The van der Waals surface area contributed by atoms with Crippen molar-refractivity contribution in [3.8, 4) is 0 Å². The Kier molecular flexibility index (Phi) is 2.89. The lowest BCUT2D eigenvalue weighted by Crippen LogP contribution is -2.17. The van der Waals surface area contributed by atoms with E-state index < -0.39 is 0 Å². The van der Waals surface area contributed by atoms with E-state index in [1.54, 1.807) is 6.20 Å². The van der Waals surface area contributed by atoms with Gasteiger partial charge in [-0.2, -0.15) is 0 Å². The molecule has 0 fully saturated rings. The predicted molar refractivity (Wildman–Crippen MR) is 42.5 cm³/mol. The molecule has 11 heavy (non-hydrogen) atoms. The van der Waals surface area contributed by atoms with Gasteiger partial charge < -0.3 is 9.42 Å². The van der Waals surface area contributed by atoms with E-state index in [2.05, 4.69) is 17.3 Å². The Hall–Kier alpha value is -1.06. The quantitative estimate of drug-likeness (QED) is 0.657. The number of hydrogen-bond acceptors (Lipinski definition) is 4. The van der Waals surface area contributed by atoms with Gasteiger partial charge in [0.15, 0.2) is 0 Å². The maximum absolute atomic E-state index is 4.86. The molecule has 0 saturated carbocycles. The minimum atomic E-state index is 0.735. The summed E-state index contributed by atoms with van der Waals surface area (Å²) >= 11 is 0. The standard InChI is InChI=1S/C7H13N3O/c1-3-4-5-10(2)7-6-8-9-11-7/h6H,3-5H2,1-2H3. The van der Waals surface area contributed by atoms with Crippen molar-refractivity contribution in [2.45, 2.75) is 19.8 Å². The summed E-state index contributed by atoms with van der Waals surface area (Å²) in [5, 5.41) is 6.98. The van der Waals surface area contributed by atoms with Crippen molar-refractivity contribution in [2.75, 3.05) is 18.5 Å². The first-order chi connectivity index (χ1) is 5.34. The molecule has 1 aromatic heterocycles. The third-order valence-corrected chi connectivity index (χ3v) is 1.57. The van der Waals surface area contributed by atoms with E-state index in [-0.39, 0.29) is 0 Å². The third-order valence-electron chi connectivity index (χ3n) is 1.57. The highest BCUT2D eigenvalue weighted by Crippen LogP contribution is 2.08. The monoisotopic (exact) mass is 155 g/mol. The van der Waals surface area contributed by atoms with Crippen LogP contribution in [0.1, 0.15) is 19.8 Å². The maximum atomic E-state index is 4.86. The minimum absolute atomic E-state index is 0.735. The van der Waals surface area contributed by atoms with Crippen molar-refractivity contribution in [1.29, 1.82) is 0 Å². The fourth-order valence-corrected chi connectivity index (χ4v) is 0.836. The minimum Gasteiger partial charge on any atom is -0.342 e. The van der Waals surface area contributed by atoms with Crippen LogP contribution in [0.5, 0.6) is 0 Å². The van der Waals surface area contributed by atoms with Gasteiger partial charge in [0.05, 0.1) is 0 Å². The van der Waals surface area contributed by atoms with Crippen LogP contribution >= 0.6 is 0 Å². The topological polar surface area (TPSA) is 42.2 Å². The summed E-state index contributed by atoms with van der Waals surface area (Å²) in [5.41, 5.74) is 0. The lowest BCUT2D eigenvalue weighted by atomic mass is 10.3. The first-order valence-electron chi connectivity index (χ1n) is 3.83. The zero-order valence-corrected chi connectivity index (χ0v) is 6.95. The summed E-state index contributed by atoms with van der Waals surface area (Å²) in [5.74, 6) is 0.735. The summed E-state index contributed by atoms with van der Waals surface area (Å²) in [4.78, 5) is 2.00. The van der Waals surface area contributed by atoms with Crippen molar-refractivity contribution in [1.82, 2.24) is 10.4 Å². The summed E-state index contributed by atoms with van der Waals surface area (Å²) in [7, 11) is 1.97. The second-order valence-corrected chi connectivity index (χ2v) is 2.53. The zero-order chi connectivity index (χ0) is 8.10. The third kappa shape index (κ3) is 2.22. The number of rotatable bonds is 4. The van der Waals surface area contributed by atoms with Crippen molar-refractivity contribution >= 4 is 5.88 Å². The van der Waals surface area contributed by atoms with Gasteiger partial charge in [0.1, 0.15) is 6.20 Å². The van der Waals surface area contributed by atoms with Crippen LogP contribution in [0.2, 0.25) is 0 Å². The molecule has 0 N–H and O–H groups in total. The molecule has 0 aliphatic carbocycles. The molecule has 4 heteroatoms. The molecule has 0 saturated heterocycles. The van der Waals surface area contributed by atoms with Crippen LogP contribution in [0.25, 0.3) is 0 Å². The van der Waals surface area contributed by atoms with Gasteiger partial charge in [0, 0.05) is 18.9 Å². The van der Waals surface area contributed by atoms with Crippen LogP contribution in [-0.2, 0) is 0 Å². The smallest absolute Gasteiger partial charge is 0.247 e. The fourth-order valence-electron chi connectivity index (χ4n) is 0.836. The summed E-state index contributed by atoms with van der Waals surface area (Å²) in [6.07, 6.45) is 3.97. The largest absolute Gasteiger partial charge is 0.342 e. The first-order valence-corrected chi connectivity index (χ1v) is 3.83. The van der Waals surface area contributed by atoms with E-state index >= 15 is 0 Å². The molecule has 1 rings (SSSR count). The van der Waals surface area contributed by atoms with Gasteiger partial charge >= 0.3 is 0 Å². The van der Waals surface area contributed by atoms with Gasteiger partial charge in [-0.1, -0.05) is 13.3 Å². The molecule has 62 valence electrons. The number of aromatic nitrogens is 2. The van der Waals surface area contributed by atoms with Crippen LogP contribution in [-0.4, -0.2) is 24.0 Å². The molecule has 1 heterocycles. The normalized spacial score (nSPS) is 10.0. The Morgan fingerprint density at radius 3 is 3.00 bits per heavy atom. The molecule has 0 aromatic carbocycles. The Morgan fingerprint density at radius 2 is 2.45 bits per heavy atom. The highest BCUT2D eigenvalue weighted by molar-refractivity contribution is 5.28. The Labute approximate surface area is 66.2 Å². The van der Waals surface area contributed by atoms with Crippen molar-refractivity contribution in [3.05, 3.63) is 6.20 Å². The SMILES string of the molecule is CCCCN(C)c1cnno1. The zero-order valence-electron chi connectivity index (χ0n) is 6.95. The second kappa shape index (κ2) is 3.95.